The van der Waals surface area contributed by atoms with E-state index < -0.39 is 5.97 Å². The molecule has 1 saturated carbocycles. The minimum Gasteiger partial charge on any atom is -0.481 e. The summed E-state index contributed by atoms with van der Waals surface area (Å²) in [6.45, 7) is 8.63. The van der Waals surface area contributed by atoms with Crippen molar-refractivity contribution in [2.24, 2.45) is 5.41 Å². The van der Waals surface area contributed by atoms with Crippen LogP contribution in [0.2, 0.25) is 0 Å². The van der Waals surface area contributed by atoms with E-state index in [-0.39, 0.29) is 30.0 Å². The second-order valence-corrected chi connectivity index (χ2v) is 5.98. The summed E-state index contributed by atoms with van der Waals surface area (Å²) in [5, 5.41) is 11.6. The third kappa shape index (κ3) is 4.20. The summed E-state index contributed by atoms with van der Waals surface area (Å²) in [6, 6.07) is 0.261. The molecule has 2 amide bonds. The van der Waals surface area contributed by atoms with Crippen molar-refractivity contribution in [1.29, 1.82) is 0 Å². The van der Waals surface area contributed by atoms with Gasteiger partial charge in [0.05, 0.1) is 0 Å². The van der Waals surface area contributed by atoms with Gasteiger partial charge in [-0.05, 0) is 32.1 Å². The quantitative estimate of drug-likeness (QED) is 0.764. The van der Waals surface area contributed by atoms with Crippen LogP contribution in [0.1, 0.15) is 47.0 Å². The third-order valence-electron chi connectivity index (χ3n) is 3.48. The van der Waals surface area contributed by atoms with Crippen LogP contribution in [0.5, 0.6) is 0 Å². The SMILES string of the molecule is CC(C)N(CCCC(=O)O)C(=O)NC1CC1(C)C. The van der Waals surface area contributed by atoms with Crippen LogP contribution in [0.25, 0.3) is 0 Å². The summed E-state index contributed by atoms with van der Waals surface area (Å²) in [4.78, 5) is 24.2. The number of urea groups is 1. The highest BCUT2D eigenvalue weighted by atomic mass is 16.4. The van der Waals surface area contributed by atoms with E-state index >= 15 is 0 Å². The second-order valence-electron chi connectivity index (χ2n) is 5.98. The van der Waals surface area contributed by atoms with E-state index in [4.69, 9.17) is 5.11 Å². The van der Waals surface area contributed by atoms with Gasteiger partial charge in [0.25, 0.3) is 0 Å². The molecule has 0 aromatic rings. The molecule has 0 heterocycles. The Balaban J connectivity index is 2.41. The van der Waals surface area contributed by atoms with Gasteiger partial charge in [0.15, 0.2) is 0 Å². The highest BCUT2D eigenvalue weighted by molar-refractivity contribution is 5.75. The number of carbonyl (C=O) groups is 2. The Morgan fingerprint density at radius 2 is 2.00 bits per heavy atom. The molecule has 1 unspecified atom stereocenters. The summed E-state index contributed by atoms with van der Waals surface area (Å²) in [5.41, 5.74) is 0.208. The van der Waals surface area contributed by atoms with Crippen LogP contribution in [0.15, 0.2) is 0 Å². The minimum atomic E-state index is -0.817. The molecule has 0 aromatic carbocycles. The van der Waals surface area contributed by atoms with E-state index in [2.05, 4.69) is 19.2 Å². The molecule has 104 valence electrons. The van der Waals surface area contributed by atoms with Crippen LogP contribution < -0.4 is 5.32 Å². The van der Waals surface area contributed by atoms with Crippen LogP contribution in [0.4, 0.5) is 4.79 Å². The lowest BCUT2D eigenvalue weighted by atomic mass is 10.2. The molecule has 0 saturated heterocycles. The summed E-state index contributed by atoms with van der Waals surface area (Å²) < 4.78 is 0. The van der Waals surface area contributed by atoms with Crippen molar-refractivity contribution in [3.8, 4) is 0 Å². The molecule has 1 fully saturated rings. The fraction of sp³-hybridized carbons (Fsp3) is 0.846. The van der Waals surface area contributed by atoms with E-state index in [1.807, 2.05) is 13.8 Å². The van der Waals surface area contributed by atoms with Crippen molar-refractivity contribution >= 4 is 12.0 Å². The average Bonchev–Trinajstić information content (AvgIpc) is 2.79. The number of hydrogen-bond acceptors (Lipinski definition) is 2. The predicted molar refractivity (Wildman–Crippen MR) is 69.4 cm³/mol. The van der Waals surface area contributed by atoms with Crippen LogP contribution in [0.3, 0.4) is 0 Å². The molecule has 1 rings (SSSR count). The number of hydrogen-bond donors (Lipinski definition) is 2. The van der Waals surface area contributed by atoms with Crippen molar-refractivity contribution in [2.45, 2.75) is 59.0 Å². The summed E-state index contributed by atoms with van der Waals surface area (Å²) in [7, 11) is 0. The maximum Gasteiger partial charge on any atom is 0.317 e. The molecule has 18 heavy (non-hydrogen) atoms. The Morgan fingerprint density at radius 3 is 2.39 bits per heavy atom. The van der Waals surface area contributed by atoms with Gasteiger partial charge in [-0.25, -0.2) is 4.79 Å². The highest BCUT2D eigenvalue weighted by Crippen LogP contribution is 2.44. The first-order chi connectivity index (χ1) is 8.24. The lowest BCUT2D eigenvalue weighted by molar-refractivity contribution is -0.137. The van der Waals surface area contributed by atoms with E-state index in [1.54, 1.807) is 4.90 Å². The Labute approximate surface area is 109 Å². The number of carboxylic acid groups (broad SMARTS) is 1. The molecule has 0 aliphatic heterocycles. The van der Waals surface area contributed by atoms with E-state index in [1.165, 1.54) is 0 Å². The maximum atomic E-state index is 12.1. The Bertz CT molecular complexity index is 326. The van der Waals surface area contributed by atoms with Gasteiger partial charge in [0, 0.05) is 25.0 Å². The number of carbonyl (C=O) groups excluding carboxylic acids is 1. The molecular weight excluding hydrogens is 232 g/mol. The van der Waals surface area contributed by atoms with Gasteiger partial charge in [0.1, 0.15) is 0 Å². The van der Waals surface area contributed by atoms with E-state index in [0.29, 0.717) is 13.0 Å². The van der Waals surface area contributed by atoms with Crippen molar-refractivity contribution < 1.29 is 14.7 Å². The smallest absolute Gasteiger partial charge is 0.317 e. The normalized spacial score (nSPS) is 20.6. The van der Waals surface area contributed by atoms with Crippen molar-refractivity contribution in [2.75, 3.05) is 6.54 Å². The van der Waals surface area contributed by atoms with Gasteiger partial charge in [-0.1, -0.05) is 13.8 Å². The lowest BCUT2D eigenvalue weighted by Gasteiger charge is -2.27. The first-order valence-corrected chi connectivity index (χ1v) is 6.53. The fourth-order valence-electron chi connectivity index (χ4n) is 1.94. The topological polar surface area (TPSA) is 69.6 Å². The molecule has 0 aromatic heterocycles. The van der Waals surface area contributed by atoms with Gasteiger partial charge in [-0.3, -0.25) is 4.79 Å². The number of nitrogens with zero attached hydrogens (tertiary/aromatic N) is 1. The molecule has 5 nitrogen and oxygen atoms in total. The number of nitrogens with one attached hydrogen (secondary N) is 1. The summed E-state index contributed by atoms with van der Waals surface area (Å²) >= 11 is 0. The Hall–Kier alpha value is -1.26. The average molecular weight is 256 g/mol. The standard InChI is InChI=1S/C13H24N2O3/c1-9(2)15(7-5-6-11(16)17)12(18)14-10-8-13(10,3)4/h9-10H,5-8H2,1-4H3,(H,14,18)(H,16,17). The van der Waals surface area contributed by atoms with Gasteiger partial charge in [-0.2, -0.15) is 0 Å². The molecule has 0 bridgehead atoms. The number of rotatable bonds is 6. The summed E-state index contributed by atoms with van der Waals surface area (Å²) in [5.74, 6) is -0.817. The van der Waals surface area contributed by atoms with Gasteiger partial charge in [-0.15, -0.1) is 0 Å². The zero-order valence-corrected chi connectivity index (χ0v) is 11.7. The molecule has 1 aliphatic carbocycles. The number of aliphatic carboxylic acids is 1. The van der Waals surface area contributed by atoms with E-state index in [9.17, 15) is 9.59 Å². The number of amides is 2. The van der Waals surface area contributed by atoms with Crippen LogP contribution >= 0.6 is 0 Å². The molecule has 2 N–H and O–H groups in total. The molecule has 1 aliphatic rings. The second kappa shape index (κ2) is 5.59. The predicted octanol–water partition coefficient (Wildman–Crippen LogP) is 2.07. The lowest BCUT2D eigenvalue weighted by Crippen LogP contribution is -2.46. The van der Waals surface area contributed by atoms with Crippen LogP contribution in [-0.2, 0) is 4.79 Å². The molecular formula is C13H24N2O3. The highest BCUT2D eigenvalue weighted by Gasteiger charge is 2.47. The molecule has 5 heteroatoms. The Kier molecular flexibility index (Phi) is 4.59. The van der Waals surface area contributed by atoms with Crippen LogP contribution in [0, 0.1) is 5.41 Å². The monoisotopic (exact) mass is 256 g/mol. The Morgan fingerprint density at radius 1 is 1.44 bits per heavy atom. The molecule has 1 atom stereocenters. The van der Waals surface area contributed by atoms with Gasteiger partial charge in [0.2, 0.25) is 0 Å². The van der Waals surface area contributed by atoms with Gasteiger partial charge < -0.3 is 15.3 Å². The minimum absolute atomic E-state index is 0.0778. The molecule has 0 spiro atoms. The van der Waals surface area contributed by atoms with Crippen molar-refractivity contribution in [3.63, 3.8) is 0 Å². The van der Waals surface area contributed by atoms with Crippen LogP contribution in [-0.4, -0.2) is 40.6 Å². The first kappa shape index (κ1) is 14.8. The zero-order chi connectivity index (χ0) is 13.9. The maximum absolute atomic E-state index is 12.1. The first-order valence-electron chi connectivity index (χ1n) is 6.53. The third-order valence-corrected chi connectivity index (χ3v) is 3.48. The van der Waals surface area contributed by atoms with Crippen molar-refractivity contribution in [3.05, 3.63) is 0 Å². The molecule has 0 radical (unpaired) electrons. The van der Waals surface area contributed by atoms with E-state index in [0.717, 1.165) is 6.42 Å². The van der Waals surface area contributed by atoms with Crippen molar-refractivity contribution in [1.82, 2.24) is 10.2 Å². The summed E-state index contributed by atoms with van der Waals surface area (Å²) in [6.07, 6.45) is 1.61. The van der Waals surface area contributed by atoms with Gasteiger partial charge >= 0.3 is 12.0 Å². The largest absolute Gasteiger partial charge is 0.481 e. The fourth-order valence-corrected chi connectivity index (χ4v) is 1.94. The zero-order valence-electron chi connectivity index (χ0n) is 11.7. The number of carboxylic acids is 1.